The van der Waals surface area contributed by atoms with Crippen molar-refractivity contribution in [2.24, 2.45) is 0 Å². The Kier molecular flexibility index (Phi) is 3.83. The predicted octanol–water partition coefficient (Wildman–Crippen LogP) is 2.68. The highest BCUT2D eigenvalue weighted by atomic mass is 16.4. The summed E-state index contributed by atoms with van der Waals surface area (Å²) in [4.78, 5) is 26.5. The Morgan fingerprint density at radius 1 is 1.11 bits per heavy atom. The smallest absolute Gasteiger partial charge is 0.335 e. The van der Waals surface area contributed by atoms with Gasteiger partial charge in [-0.1, -0.05) is 36.4 Å². The van der Waals surface area contributed by atoms with Gasteiger partial charge in [-0.3, -0.25) is 9.78 Å². The molecule has 0 saturated heterocycles. The van der Waals surface area contributed by atoms with Crippen LogP contribution in [0.5, 0.6) is 0 Å². The molecule has 94 valence electrons. The van der Waals surface area contributed by atoms with Crippen molar-refractivity contribution in [3.8, 4) is 0 Å². The molecule has 19 heavy (non-hydrogen) atoms. The summed E-state index contributed by atoms with van der Waals surface area (Å²) in [6, 6.07) is 12.0. The first kappa shape index (κ1) is 12.7. The molecule has 0 aliphatic carbocycles. The Bertz CT molecular complexity index is 633. The molecule has 0 fully saturated rings. The molecule has 1 heterocycles. The topological polar surface area (TPSA) is 67.3 Å². The van der Waals surface area contributed by atoms with Crippen molar-refractivity contribution in [2.45, 2.75) is 0 Å². The van der Waals surface area contributed by atoms with Crippen LogP contribution in [0.15, 0.2) is 54.7 Å². The molecule has 0 aliphatic rings. The minimum Gasteiger partial charge on any atom is -0.478 e. The van der Waals surface area contributed by atoms with E-state index in [1.807, 2.05) is 30.3 Å². The fourth-order valence-corrected chi connectivity index (χ4v) is 1.52. The largest absolute Gasteiger partial charge is 0.478 e. The number of aromatic carboxylic acids is 1. The van der Waals surface area contributed by atoms with E-state index < -0.39 is 5.97 Å². The monoisotopic (exact) mass is 253 g/mol. The average molecular weight is 253 g/mol. The molecule has 1 aromatic carbocycles. The lowest BCUT2D eigenvalue weighted by Gasteiger charge is -1.97. The number of carbonyl (C=O) groups excluding carboxylic acids is 1. The maximum absolute atomic E-state index is 11.9. The lowest BCUT2D eigenvalue weighted by atomic mass is 10.1. The highest BCUT2D eigenvalue weighted by molar-refractivity contribution is 6.06. The Labute approximate surface area is 110 Å². The molecule has 0 saturated carbocycles. The van der Waals surface area contributed by atoms with Crippen LogP contribution < -0.4 is 0 Å². The van der Waals surface area contributed by atoms with Crippen molar-refractivity contribution in [1.82, 2.24) is 4.98 Å². The van der Waals surface area contributed by atoms with E-state index in [1.165, 1.54) is 24.4 Å². The number of pyridine rings is 1. The maximum Gasteiger partial charge on any atom is 0.335 e. The third-order valence-electron chi connectivity index (χ3n) is 2.49. The number of carboxylic acids is 1. The molecule has 2 rings (SSSR count). The molecule has 1 N–H and O–H groups in total. The number of carboxylic acid groups (broad SMARTS) is 1. The summed E-state index contributed by atoms with van der Waals surface area (Å²) in [5.74, 6) is -1.41. The maximum atomic E-state index is 11.9. The molecular weight excluding hydrogens is 242 g/mol. The van der Waals surface area contributed by atoms with Gasteiger partial charge in [0.05, 0.1) is 5.56 Å². The molecule has 4 nitrogen and oxygen atoms in total. The van der Waals surface area contributed by atoms with E-state index in [0.29, 0.717) is 0 Å². The van der Waals surface area contributed by atoms with Crippen LogP contribution in [0.4, 0.5) is 0 Å². The van der Waals surface area contributed by atoms with Crippen molar-refractivity contribution in [2.75, 3.05) is 0 Å². The minimum atomic E-state index is -1.08. The van der Waals surface area contributed by atoms with Gasteiger partial charge in [0.2, 0.25) is 5.78 Å². The standard InChI is InChI=1S/C15H11NO3/c17-14(7-6-11-4-2-1-3-5-11)13-10-12(15(18)19)8-9-16-13/h1-10H,(H,18,19)/b7-6+. The number of hydrogen-bond acceptors (Lipinski definition) is 3. The van der Waals surface area contributed by atoms with Gasteiger partial charge >= 0.3 is 5.97 Å². The molecule has 1 aromatic heterocycles. The van der Waals surface area contributed by atoms with Gasteiger partial charge in [0, 0.05) is 6.20 Å². The summed E-state index contributed by atoms with van der Waals surface area (Å²) < 4.78 is 0. The van der Waals surface area contributed by atoms with Gasteiger partial charge in [0.1, 0.15) is 5.69 Å². The summed E-state index contributed by atoms with van der Waals surface area (Å²) in [5.41, 5.74) is 1.06. The van der Waals surface area contributed by atoms with E-state index in [0.717, 1.165) is 5.56 Å². The zero-order valence-corrected chi connectivity index (χ0v) is 9.98. The van der Waals surface area contributed by atoms with Crippen LogP contribution in [0.3, 0.4) is 0 Å². The van der Waals surface area contributed by atoms with Crippen molar-refractivity contribution in [3.05, 3.63) is 71.6 Å². The van der Waals surface area contributed by atoms with Gasteiger partial charge in [0.25, 0.3) is 0 Å². The second-order valence-electron chi connectivity index (χ2n) is 3.84. The van der Waals surface area contributed by atoms with Gasteiger partial charge < -0.3 is 5.11 Å². The lowest BCUT2D eigenvalue weighted by Crippen LogP contribution is -2.03. The summed E-state index contributed by atoms with van der Waals surface area (Å²) in [7, 11) is 0. The van der Waals surface area contributed by atoms with Gasteiger partial charge in [-0.25, -0.2) is 4.79 Å². The first-order chi connectivity index (χ1) is 9.16. The van der Waals surface area contributed by atoms with E-state index in [9.17, 15) is 9.59 Å². The van der Waals surface area contributed by atoms with Gasteiger partial charge in [-0.2, -0.15) is 0 Å². The van der Waals surface area contributed by atoms with Crippen LogP contribution in [-0.2, 0) is 0 Å². The van der Waals surface area contributed by atoms with Crippen molar-refractivity contribution in [3.63, 3.8) is 0 Å². The van der Waals surface area contributed by atoms with E-state index >= 15 is 0 Å². The van der Waals surface area contributed by atoms with Crippen molar-refractivity contribution in [1.29, 1.82) is 0 Å². The number of carbonyl (C=O) groups is 2. The third-order valence-corrected chi connectivity index (χ3v) is 2.49. The van der Waals surface area contributed by atoms with Crippen LogP contribution in [0, 0.1) is 0 Å². The summed E-state index contributed by atoms with van der Waals surface area (Å²) in [5, 5.41) is 8.84. The summed E-state index contributed by atoms with van der Waals surface area (Å²) >= 11 is 0. The van der Waals surface area contributed by atoms with Gasteiger partial charge in [0.15, 0.2) is 0 Å². The highest BCUT2D eigenvalue weighted by Crippen LogP contribution is 2.06. The number of aromatic nitrogens is 1. The first-order valence-corrected chi connectivity index (χ1v) is 5.63. The highest BCUT2D eigenvalue weighted by Gasteiger charge is 2.08. The molecule has 2 aromatic rings. The van der Waals surface area contributed by atoms with Crippen molar-refractivity contribution < 1.29 is 14.7 Å². The van der Waals surface area contributed by atoms with E-state index in [1.54, 1.807) is 6.08 Å². The molecule has 0 spiro atoms. The fourth-order valence-electron chi connectivity index (χ4n) is 1.52. The quantitative estimate of drug-likeness (QED) is 0.672. The lowest BCUT2D eigenvalue weighted by molar-refractivity contribution is 0.0696. The normalized spacial score (nSPS) is 10.5. The molecule has 0 atom stereocenters. The van der Waals surface area contributed by atoms with Crippen LogP contribution in [-0.4, -0.2) is 21.8 Å². The Hall–Kier alpha value is -2.75. The SMILES string of the molecule is O=C(O)c1ccnc(C(=O)/C=C/c2ccccc2)c1. The molecule has 0 bridgehead atoms. The molecule has 0 aliphatic heterocycles. The van der Waals surface area contributed by atoms with Crippen LogP contribution >= 0.6 is 0 Å². The minimum absolute atomic E-state index is 0.0476. The predicted molar refractivity (Wildman–Crippen MR) is 71.0 cm³/mol. The number of nitrogens with zero attached hydrogens (tertiary/aromatic N) is 1. The number of ketones is 1. The zero-order valence-electron chi connectivity index (χ0n) is 9.98. The summed E-state index contributed by atoms with van der Waals surface area (Å²) in [6.07, 6.45) is 4.35. The second kappa shape index (κ2) is 5.73. The average Bonchev–Trinajstić information content (AvgIpc) is 2.46. The van der Waals surface area contributed by atoms with Crippen molar-refractivity contribution >= 4 is 17.8 Å². The number of allylic oxidation sites excluding steroid dienone is 1. The van der Waals surface area contributed by atoms with Gasteiger partial charge in [-0.05, 0) is 23.8 Å². The molecule has 0 amide bonds. The van der Waals surface area contributed by atoms with E-state index in [4.69, 9.17) is 5.11 Å². The number of rotatable bonds is 4. The van der Waals surface area contributed by atoms with Crippen LogP contribution in [0.25, 0.3) is 6.08 Å². The van der Waals surface area contributed by atoms with Crippen LogP contribution in [0.2, 0.25) is 0 Å². The second-order valence-corrected chi connectivity index (χ2v) is 3.84. The van der Waals surface area contributed by atoms with Crippen LogP contribution in [0.1, 0.15) is 26.4 Å². The Morgan fingerprint density at radius 2 is 1.84 bits per heavy atom. The molecule has 0 radical (unpaired) electrons. The van der Waals surface area contributed by atoms with E-state index in [2.05, 4.69) is 4.98 Å². The molecule has 4 heteroatoms. The molecule has 0 unspecified atom stereocenters. The van der Waals surface area contributed by atoms with E-state index in [-0.39, 0.29) is 17.0 Å². The first-order valence-electron chi connectivity index (χ1n) is 5.63. The zero-order chi connectivity index (χ0) is 13.7. The molecular formula is C15H11NO3. The number of hydrogen-bond donors (Lipinski definition) is 1. The summed E-state index contributed by atoms with van der Waals surface area (Å²) in [6.45, 7) is 0. The third kappa shape index (κ3) is 3.35. The Balaban J connectivity index is 2.18. The number of benzene rings is 1. The van der Waals surface area contributed by atoms with Gasteiger partial charge in [-0.15, -0.1) is 0 Å². The Morgan fingerprint density at radius 3 is 2.53 bits per heavy atom. The fraction of sp³-hybridized carbons (Fsp3) is 0.